The van der Waals surface area contributed by atoms with Gasteiger partial charge in [0.05, 0.1) is 30.6 Å². The summed E-state index contributed by atoms with van der Waals surface area (Å²) in [6.07, 6.45) is 10.7. The molecule has 2 atom stereocenters. The fourth-order valence-electron chi connectivity index (χ4n) is 4.67. The first-order valence-electron chi connectivity index (χ1n) is 9.98. The van der Waals surface area contributed by atoms with Crippen molar-refractivity contribution in [2.75, 3.05) is 0 Å². The lowest BCUT2D eigenvalue weighted by Gasteiger charge is -2.33. The Morgan fingerprint density at radius 1 is 1.11 bits per heavy atom. The highest BCUT2D eigenvalue weighted by atomic mass is 32.1. The van der Waals surface area contributed by atoms with Gasteiger partial charge in [0.2, 0.25) is 0 Å². The van der Waals surface area contributed by atoms with E-state index in [9.17, 15) is 0 Å². The summed E-state index contributed by atoms with van der Waals surface area (Å²) < 4.78 is 7.87. The van der Waals surface area contributed by atoms with Crippen LogP contribution in [0, 0.1) is 0 Å². The molecule has 5 rings (SSSR count). The van der Waals surface area contributed by atoms with Crippen molar-refractivity contribution >= 4 is 17.3 Å². The molecule has 0 aromatic carbocycles. The molecule has 3 aromatic rings. The van der Waals surface area contributed by atoms with E-state index in [2.05, 4.69) is 44.2 Å². The van der Waals surface area contributed by atoms with Crippen molar-refractivity contribution < 1.29 is 4.42 Å². The van der Waals surface area contributed by atoms with Crippen LogP contribution >= 0.6 is 12.2 Å². The molecular weight excluding hydrogens is 368 g/mol. The van der Waals surface area contributed by atoms with Crippen LogP contribution in [0.25, 0.3) is 0 Å². The van der Waals surface area contributed by atoms with Crippen molar-refractivity contribution in [3.8, 4) is 0 Å². The Kier molecular flexibility index (Phi) is 4.64. The first kappa shape index (κ1) is 17.5. The molecular formula is C22H24N4OS. The average molecular weight is 393 g/mol. The minimum atomic E-state index is 0.0413. The van der Waals surface area contributed by atoms with Crippen LogP contribution in [-0.4, -0.2) is 25.6 Å². The third-order valence-corrected chi connectivity index (χ3v) is 6.26. The highest BCUT2D eigenvalue weighted by Crippen LogP contribution is 2.43. The first-order valence-corrected chi connectivity index (χ1v) is 10.4. The number of rotatable bonds is 5. The van der Waals surface area contributed by atoms with E-state index in [1.54, 1.807) is 6.26 Å². The lowest BCUT2D eigenvalue weighted by molar-refractivity contribution is 0.236. The molecule has 0 unspecified atom stereocenters. The van der Waals surface area contributed by atoms with Crippen LogP contribution in [-0.2, 0) is 6.54 Å². The molecule has 1 N–H and O–H groups in total. The van der Waals surface area contributed by atoms with Crippen LogP contribution in [0.3, 0.4) is 0 Å². The predicted molar refractivity (Wildman–Crippen MR) is 112 cm³/mol. The van der Waals surface area contributed by atoms with Crippen molar-refractivity contribution in [3.05, 3.63) is 78.3 Å². The van der Waals surface area contributed by atoms with E-state index in [4.69, 9.17) is 16.6 Å². The van der Waals surface area contributed by atoms with Crippen molar-refractivity contribution in [1.82, 2.24) is 19.8 Å². The highest BCUT2D eigenvalue weighted by Gasteiger charge is 2.44. The monoisotopic (exact) mass is 392 g/mol. The van der Waals surface area contributed by atoms with Gasteiger partial charge < -0.3 is 19.2 Å². The van der Waals surface area contributed by atoms with Crippen molar-refractivity contribution in [3.63, 3.8) is 0 Å². The molecule has 2 aliphatic rings. The topological polar surface area (TPSA) is 46.2 Å². The number of hydrogen-bond acceptors (Lipinski definition) is 3. The lowest BCUT2D eigenvalue weighted by Crippen LogP contribution is -2.38. The van der Waals surface area contributed by atoms with Crippen LogP contribution in [0.2, 0.25) is 0 Å². The van der Waals surface area contributed by atoms with Crippen LogP contribution in [0.1, 0.15) is 54.9 Å². The van der Waals surface area contributed by atoms with Crippen LogP contribution in [0.15, 0.2) is 65.5 Å². The van der Waals surface area contributed by atoms with Crippen molar-refractivity contribution in [2.24, 2.45) is 0 Å². The normalized spacial score (nSPS) is 22.7. The summed E-state index contributed by atoms with van der Waals surface area (Å²) in [5, 5.41) is 4.43. The van der Waals surface area contributed by atoms with Crippen molar-refractivity contribution in [2.45, 2.75) is 50.4 Å². The zero-order valence-corrected chi connectivity index (χ0v) is 16.5. The van der Waals surface area contributed by atoms with Gasteiger partial charge in [-0.1, -0.05) is 18.9 Å². The van der Waals surface area contributed by atoms with Crippen molar-refractivity contribution in [1.29, 1.82) is 0 Å². The number of aromatic nitrogens is 2. The maximum absolute atomic E-state index is 5.82. The summed E-state index contributed by atoms with van der Waals surface area (Å²) in [5.74, 6) is 0.952. The highest BCUT2D eigenvalue weighted by molar-refractivity contribution is 7.80. The van der Waals surface area contributed by atoms with Gasteiger partial charge in [0.15, 0.2) is 5.11 Å². The number of thiocarbonyl (C=S) groups is 1. The molecule has 0 spiro atoms. The molecule has 1 saturated carbocycles. The van der Waals surface area contributed by atoms with Gasteiger partial charge in [-0.25, -0.2) is 0 Å². The Morgan fingerprint density at radius 3 is 2.75 bits per heavy atom. The first-order chi connectivity index (χ1) is 13.8. The van der Waals surface area contributed by atoms with Gasteiger partial charge in [0.1, 0.15) is 5.76 Å². The Balaban J connectivity index is 1.55. The zero-order valence-electron chi connectivity index (χ0n) is 15.7. The predicted octanol–water partition coefficient (Wildman–Crippen LogP) is 4.44. The second-order valence-electron chi connectivity index (χ2n) is 7.61. The number of nitrogens with one attached hydrogen (secondary N) is 1. The molecule has 1 aliphatic heterocycles. The number of hydrogen-bond donors (Lipinski definition) is 1. The van der Waals surface area contributed by atoms with Gasteiger partial charge in [-0.05, 0) is 61.5 Å². The van der Waals surface area contributed by atoms with Gasteiger partial charge in [-0.3, -0.25) is 4.98 Å². The minimum Gasteiger partial charge on any atom is -0.467 e. The summed E-state index contributed by atoms with van der Waals surface area (Å²) >= 11 is 5.82. The van der Waals surface area contributed by atoms with E-state index >= 15 is 0 Å². The maximum atomic E-state index is 5.82. The van der Waals surface area contributed by atoms with Crippen LogP contribution in [0.4, 0.5) is 0 Å². The summed E-state index contributed by atoms with van der Waals surface area (Å²) in [6.45, 7) is 0.714. The van der Waals surface area contributed by atoms with Crippen LogP contribution in [0.5, 0.6) is 0 Å². The molecule has 0 amide bonds. The molecule has 5 nitrogen and oxygen atoms in total. The van der Waals surface area contributed by atoms with E-state index in [1.807, 2.05) is 30.5 Å². The molecule has 6 heteroatoms. The maximum Gasteiger partial charge on any atom is 0.170 e. The zero-order chi connectivity index (χ0) is 18.9. The molecule has 4 heterocycles. The second kappa shape index (κ2) is 7.43. The van der Waals surface area contributed by atoms with Gasteiger partial charge in [-0.2, -0.15) is 0 Å². The van der Waals surface area contributed by atoms with E-state index in [0.29, 0.717) is 12.6 Å². The third kappa shape index (κ3) is 3.11. The SMILES string of the molecule is S=C1N[C@@H](c2ccccn2)[C@@H](c2cccn2Cc2ccco2)N1C1CCCC1. The Hall–Kier alpha value is -2.60. The molecule has 2 fully saturated rings. The molecule has 0 radical (unpaired) electrons. The molecule has 1 saturated heterocycles. The second-order valence-corrected chi connectivity index (χ2v) is 8.00. The molecule has 3 aromatic heterocycles. The lowest BCUT2D eigenvalue weighted by atomic mass is 9.99. The molecule has 0 bridgehead atoms. The van der Waals surface area contributed by atoms with E-state index in [0.717, 1.165) is 16.6 Å². The van der Waals surface area contributed by atoms with Crippen LogP contribution < -0.4 is 5.32 Å². The van der Waals surface area contributed by atoms with Gasteiger partial charge >= 0.3 is 0 Å². The quantitative estimate of drug-likeness (QED) is 0.651. The number of furan rings is 1. The summed E-state index contributed by atoms with van der Waals surface area (Å²) in [6, 6.07) is 15.0. The molecule has 28 heavy (non-hydrogen) atoms. The number of pyridine rings is 1. The largest absolute Gasteiger partial charge is 0.467 e. The Bertz CT molecular complexity index is 931. The third-order valence-electron chi connectivity index (χ3n) is 5.93. The average Bonchev–Trinajstić information content (AvgIpc) is 3.50. The summed E-state index contributed by atoms with van der Waals surface area (Å²) in [7, 11) is 0. The van der Waals surface area contributed by atoms with E-state index in [-0.39, 0.29) is 12.1 Å². The van der Waals surface area contributed by atoms with Gasteiger partial charge in [0, 0.05) is 24.1 Å². The fraction of sp³-hybridized carbons (Fsp3) is 0.364. The van der Waals surface area contributed by atoms with E-state index in [1.165, 1.54) is 31.4 Å². The summed E-state index contributed by atoms with van der Waals surface area (Å²) in [5.41, 5.74) is 2.27. The van der Waals surface area contributed by atoms with Gasteiger partial charge in [0.25, 0.3) is 0 Å². The molecule has 1 aliphatic carbocycles. The van der Waals surface area contributed by atoms with E-state index < -0.39 is 0 Å². The Morgan fingerprint density at radius 2 is 2.00 bits per heavy atom. The molecule has 144 valence electrons. The standard InChI is InChI=1S/C22H24N4OS/c28-22-24-20(18-10-3-4-12-23-18)21(26(22)16-7-1-2-8-16)19-11-5-13-25(19)15-17-9-6-14-27-17/h3-6,9-14,16,20-21H,1-2,7-8,15H2,(H,24,28)/t20-,21+/m0/s1. The summed E-state index contributed by atoms with van der Waals surface area (Å²) in [4.78, 5) is 7.09. The number of nitrogens with zero attached hydrogens (tertiary/aromatic N) is 3. The van der Waals surface area contributed by atoms with Gasteiger partial charge in [-0.15, -0.1) is 0 Å². The smallest absolute Gasteiger partial charge is 0.170 e. The fourth-order valence-corrected chi connectivity index (χ4v) is 5.06. The Labute approximate surface area is 170 Å². The minimum absolute atomic E-state index is 0.0413.